The molecule has 16 heavy (non-hydrogen) atoms. The van der Waals surface area contributed by atoms with Gasteiger partial charge in [-0.25, -0.2) is 0 Å². The standard InChI is InChI=1S/C13H12BrNO/c1-9-5-6-12(10(2)8-9)15-7-3-4-11(14)13(15)16/h3-8H,1-2H3. The summed E-state index contributed by atoms with van der Waals surface area (Å²) < 4.78 is 2.23. The van der Waals surface area contributed by atoms with Crippen molar-refractivity contribution in [2.45, 2.75) is 13.8 Å². The molecule has 0 aliphatic rings. The van der Waals surface area contributed by atoms with Crippen molar-refractivity contribution in [3.63, 3.8) is 0 Å². The lowest BCUT2D eigenvalue weighted by Crippen LogP contribution is -2.18. The number of pyridine rings is 1. The van der Waals surface area contributed by atoms with Crippen molar-refractivity contribution in [2.24, 2.45) is 0 Å². The second-order valence-corrected chi connectivity index (χ2v) is 4.68. The van der Waals surface area contributed by atoms with E-state index in [1.54, 1.807) is 16.8 Å². The van der Waals surface area contributed by atoms with Gasteiger partial charge in [-0.05, 0) is 53.5 Å². The van der Waals surface area contributed by atoms with E-state index in [1.807, 2.05) is 32.0 Å². The Kier molecular flexibility index (Phi) is 2.97. The van der Waals surface area contributed by atoms with Crippen molar-refractivity contribution >= 4 is 15.9 Å². The smallest absolute Gasteiger partial charge is 0.269 e. The van der Waals surface area contributed by atoms with E-state index >= 15 is 0 Å². The van der Waals surface area contributed by atoms with Gasteiger partial charge in [-0.1, -0.05) is 17.7 Å². The Balaban J connectivity index is 2.68. The first-order valence-electron chi connectivity index (χ1n) is 5.04. The van der Waals surface area contributed by atoms with Crippen LogP contribution in [0.25, 0.3) is 5.69 Å². The minimum absolute atomic E-state index is 0.0329. The van der Waals surface area contributed by atoms with Crippen molar-refractivity contribution in [1.82, 2.24) is 4.57 Å². The van der Waals surface area contributed by atoms with Gasteiger partial charge in [0.15, 0.2) is 0 Å². The van der Waals surface area contributed by atoms with E-state index in [4.69, 9.17) is 0 Å². The summed E-state index contributed by atoms with van der Waals surface area (Å²) in [5, 5.41) is 0. The largest absolute Gasteiger partial charge is 0.283 e. The summed E-state index contributed by atoms with van der Waals surface area (Å²) in [5.41, 5.74) is 3.19. The van der Waals surface area contributed by atoms with E-state index < -0.39 is 0 Å². The van der Waals surface area contributed by atoms with Crippen LogP contribution in [0.4, 0.5) is 0 Å². The van der Waals surface area contributed by atoms with Crippen molar-refractivity contribution in [2.75, 3.05) is 0 Å². The van der Waals surface area contributed by atoms with E-state index in [0.29, 0.717) is 4.47 Å². The number of nitrogens with zero attached hydrogens (tertiary/aromatic N) is 1. The molecule has 0 fully saturated rings. The Labute approximate surface area is 103 Å². The molecule has 2 aromatic rings. The molecule has 1 heterocycles. The molecule has 2 nitrogen and oxygen atoms in total. The Bertz CT molecular complexity index is 587. The Morgan fingerprint density at radius 1 is 1.19 bits per heavy atom. The quantitative estimate of drug-likeness (QED) is 0.785. The van der Waals surface area contributed by atoms with Crippen LogP contribution in [-0.2, 0) is 0 Å². The first kappa shape index (κ1) is 11.1. The molecule has 82 valence electrons. The predicted octanol–water partition coefficient (Wildman–Crippen LogP) is 3.22. The Morgan fingerprint density at radius 3 is 2.62 bits per heavy atom. The third-order valence-corrected chi connectivity index (χ3v) is 3.12. The fourth-order valence-electron chi connectivity index (χ4n) is 1.73. The summed E-state index contributed by atoms with van der Waals surface area (Å²) in [4.78, 5) is 11.9. The number of hydrogen-bond acceptors (Lipinski definition) is 1. The highest BCUT2D eigenvalue weighted by atomic mass is 79.9. The molecular weight excluding hydrogens is 266 g/mol. The summed E-state index contributed by atoms with van der Waals surface area (Å²) in [6, 6.07) is 9.66. The lowest BCUT2D eigenvalue weighted by Gasteiger charge is -2.09. The van der Waals surface area contributed by atoms with E-state index in [1.165, 1.54) is 5.56 Å². The third-order valence-electron chi connectivity index (χ3n) is 2.51. The molecule has 1 aromatic carbocycles. The van der Waals surface area contributed by atoms with Gasteiger partial charge in [0.05, 0.1) is 10.2 Å². The normalized spacial score (nSPS) is 10.4. The molecule has 0 bridgehead atoms. The van der Waals surface area contributed by atoms with Crippen LogP contribution in [-0.4, -0.2) is 4.57 Å². The van der Waals surface area contributed by atoms with Crippen LogP contribution < -0.4 is 5.56 Å². The molecule has 1 aromatic heterocycles. The molecule has 0 atom stereocenters. The van der Waals surface area contributed by atoms with E-state index in [-0.39, 0.29) is 5.56 Å². The van der Waals surface area contributed by atoms with Crippen LogP contribution in [0, 0.1) is 13.8 Å². The minimum Gasteiger partial charge on any atom is -0.283 e. The zero-order chi connectivity index (χ0) is 11.7. The zero-order valence-electron chi connectivity index (χ0n) is 9.20. The van der Waals surface area contributed by atoms with Crippen LogP contribution in [0.3, 0.4) is 0 Å². The van der Waals surface area contributed by atoms with Crippen molar-refractivity contribution in [3.8, 4) is 5.69 Å². The van der Waals surface area contributed by atoms with Crippen LogP contribution in [0.5, 0.6) is 0 Å². The number of halogens is 1. The topological polar surface area (TPSA) is 22.0 Å². The highest BCUT2D eigenvalue weighted by Gasteiger charge is 2.04. The lowest BCUT2D eigenvalue weighted by atomic mass is 10.1. The summed E-state index contributed by atoms with van der Waals surface area (Å²) >= 11 is 3.25. The second kappa shape index (κ2) is 4.26. The summed E-state index contributed by atoms with van der Waals surface area (Å²) in [7, 11) is 0. The van der Waals surface area contributed by atoms with Crippen molar-refractivity contribution in [3.05, 3.63) is 62.5 Å². The van der Waals surface area contributed by atoms with E-state index in [2.05, 4.69) is 22.0 Å². The minimum atomic E-state index is -0.0329. The van der Waals surface area contributed by atoms with Gasteiger partial charge in [0, 0.05) is 6.20 Å². The second-order valence-electron chi connectivity index (χ2n) is 3.82. The SMILES string of the molecule is Cc1ccc(-n2cccc(Br)c2=O)c(C)c1. The van der Waals surface area contributed by atoms with E-state index in [0.717, 1.165) is 11.3 Å². The van der Waals surface area contributed by atoms with Gasteiger partial charge in [0.1, 0.15) is 0 Å². The highest BCUT2D eigenvalue weighted by Crippen LogP contribution is 2.14. The Morgan fingerprint density at radius 2 is 1.94 bits per heavy atom. The number of rotatable bonds is 1. The van der Waals surface area contributed by atoms with Crippen molar-refractivity contribution < 1.29 is 0 Å². The first-order chi connectivity index (χ1) is 7.59. The van der Waals surface area contributed by atoms with Gasteiger partial charge in [-0.2, -0.15) is 0 Å². The molecule has 0 aliphatic heterocycles. The summed E-state index contributed by atoms with van der Waals surface area (Å²) in [6.07, 6.45) is 1.78. The highest BCUT2D eigenvalue weighted by molar-refractivity contribution is 9.10. The Hall–Kier alpha value is -1.35. The van der Waals surface area contributed by atoms with Gasteiger partial charge in [-0.15, -0.1) is 0 Å². The number of aromatic nitrogens is 1. The monoisotopic (exact) mass is 277 g/mol. The molecule has 0 N–H and O–H groups in total. The molecule has 0 spiro atoms. The maximum absolute atomic E-state index is 11.9. The molecule has 0 unspecified atom stereocenters. The molecule has 0 saturated carbocycles. The van der Waals surface area contributed by atoms with Gasteiger partial charge < -0.3 is 0 Å². The maximum Gasteiger partial charge on any atom is 0.269 e. The molecule has 0 radical (unpaired) electrons. The van der Waals surface area contributed by atoms with Crippen LogP contribution >= 0.6 is 15.9 Å². The van der Waals surface area contributed by atoms with Gasteiger partial charge in [0.25, 0.3) is 5.56 Å². The van der Waals surface area contributed by atoms with Gasteiger partial charge in [-0.3, -0.25) is 9.36 Å². The predicted molar refractivity (Wildman–Crippen MR) is 69.2 cm³/mol. The molecule has 0 saturated heterocycles. The average molecular weight is 278 g/mol. The average Bonchev–Trinajstić information content (AvgIpc) is 2.23. The molecule has 3 heteroatoms. The van der Waals surface area contributed by atoms with Gasteiger partial charge in [0.2, 0.25) is 0 Å². The van der Waals surface area contributed by atoms with E-state index in [9.17, 15) is 4.79 Å². The molecule has 0 aliphatic carbocycles. The van der Waals surface area contributed by atoms with Crippen molar-refractivity contribution in [1.29, 1.82) is 0 Å². The maximum atomic E-state index is 11.9. The number of aryl methyl sites for hydroxylation is 2. The molecule has 2 rings (SSSR count). The number of benzene rings is 1. The van der Waals surface area contributed by atoms with Crippen LogP contribution in [0.2, 0.25) is 0 Å². The van der Waals surface area contributed by atoms with Gasteiger partial charge >= 0.3 is 0 Å². The number of hydrogen-bond donors (Lipinski definition) is 0. The van der Waals surface area contributed by atoms with Crippen LogP contribution in [0.1, 0.15) is 11.1 Å². The summed E-state index contributed by atoms with van der Waals surface area (Å²) in [6.45, 7) is 4.05. The fraction of sp³-hybridized carbons (Fsp3) is 0.154. The lowest BCUT2D eigenvalue weighted by molar-refractivity contribution is 0.967. The molecular formula is C13H12BrNO. The third kappa shape index (κ3) is 1.95. The van der Waals surface area contributed by atoms with Crippen LogP contribution in [0.15, 0.2) is 45.8 Å². The first-order valence-corrected chi connectivity index (χ1v) is 5.83. The fourth-order valence-corrected chi connectivity index (χ4v) is 2.08. The molecule has 0 amide bonds. The summed E-state index contributed by atoms with van der Waals surface area (Å²) in [5.74, 6) is 0. The zero-order valence-corrected chi connectivity index (χ0v) is 10.8.